The Morgan fingerprint density at radius 3 is 2.72 bits per heavy atom. The van der Waals surface area contributed by atoms with E-state index >= 15 is 0 Å². The molecule has 8 unspecified atom stereocenters. The molecule has 0 aromatic rings. The maximum absolute atomic E-state index is 12.3. The van der Waals surface area contributed by atoms with Crippen LogP contribution < -0.4 is 0 Å². The van der Waals surface area contributed by atoms with E-state index in [9.17, 15) is 14.7 Å². The molecule has 0 saturated heterocycles. The van der Waals surface area contributed by atoms with E-state index in [4.69, 9.17) is 0 Å². The van der Waals surface area contributed by atoms with E-state index in [1.807, 2.05) is 0 Å². The van der Waals surface area contributed by atoms with Crippen LogP contribution in [0, 0.1) is 40.4 Å². The minimum atomic E-state index is -0.215. The molecular weight excluding hydrogens is 312 g/mol. The third kappa shape index (κ3) is 2.34. The van der Waals surface area contributed by atoms with Gasteiger partial charge in [-0.1, -0.05) is 25.5 Å². The van der Waals surface area contributed by atoms with Gasteiger partial charge in [0.2, 0.25) is 0 Å². The van der Waals surface area contributed by atoms with Crippen LogP contribution in [0.4, 0.5) is 0 Å². The molecule has 0 amide bonds. The lowest BCUT2D eigenvalue weighted by molar-refractivity contribution is -0.137. The van der Waals surface area contributed by atoms with Gasteiger partial charge in [0.05, 0.1) is 6.10 Å². The normalized spacial score (nSPS) is 51.8. The molecule has 3 heteroatoms. The number of hydrogen-bond donors (Lipinski definition) is 1. The van der Waals surface area contributed by atoms with Gasteiger partial charge in [-0.05, 0) is 80.5 Å². The first-order valence-corrected chi connectivity index (χ1v) is 10.1. The standard InChI is InChI=1S/C22H32O3/c1-13(24)18-6-7-19-17-5-4-15-10-16(25)8-9-21(15,2)20(17)14(12-23)11-22(18,19)3/h4,12,14,16-20,25H,5-11H2,1-3H3. The van der Waals surface area contributed by atoms with Crippen LogP contribution in [0.2, 0.25) is 0 Å². The molecule has 4 rings (SSSR count). The average molecular weight is 344 g/mol. The SMILES string of the molecule is CC(=O)C1CCC2C3CC=C4CC(O)CCC4(C)C3C(C=O)CC12C. The Kier molecular flexibility index (Phi) is 4.03. The minimum absolute atomic E-state index is 0.00550. The third-order valence-corrected chi connectivity index (χ3v) is 8.75. The predicted molar refractivity (Wildman–Crippen MR) is 96.8 cm³/mol. The summed E-state index contributed by atoms with van der Waals surface area (Å²) in [6, 6.07) is 0. The first kappa shape index (κ1) is 17.5. The van der Waals surface area contributed by atoms with Gasteiger partial charge in [-0.3, -0.25) is 4.79 Å². The van der Waals surface area contributed by atoms with Crippen molar-refractivity contribution in [2.75, 3.05) is 0 Å². The summed E-state index contributed by atoms with van der Waals surface area (Å²) in [5.41, 5.74) is 1.45. The number of Topliss-reactive ketones (excluding diaryl/α,β-unsaturated/α-hetero) is 1. The molecular formula is C22H32O3. The molecule has 0 aromatic carbocycles. The van der Waals surface area contributed by atoms with E-state index in [1.165, 1.54) is 11.9 Å². The van der Waals surface area contributed by atoms with E-state index in [0.29, 0.717) is 23.5 Å². The number of allylic oxidation sites excluding steroid dienone is 1. The van der Waals surface area contributed by atoms with Gasteiger partial charge >= 0.3 is 0 Å². The number of aldehydes is 1. The molecule has 25 heavy (non-hydrogen) atoms. The lowest BCUT2D eigenvalue weighted by atomic mass is 9.44. The number of hydrogen-bond acceptors (Lipinski definition) is 3. The van der Waals surface area contributed by atoms with Crippen LogP contribution >= 0.6 is 0 Å². The average Bonchev–Trinajstić information content (AvgIpc) is 2.91. The fourth-order valence-corrected chi connectivity index (χ4v) is 7.71. The first-order valence-electron chi connectivity index (χ1n) is 10.1. The zero-order valence-electron chi connectivity index (χ0n) is 15.8. The van der Waals surface area contributed by atoms with Crippen LogP contribution in [0.15, 0.2) is 11.6 Å². The lowest BCUT2D eigenvalue weighted by Crippen LogP contribution is -2.55. The maximum Gasteiger partial charge on any atom is 0.133 e. The molecule has 0 bridgehead atoms. The molecule has 4 aliphatic carbocycles. The summed E-state index contributed by atoms with van der Waals surface area (Å²) < 4.78 is 0. The van der Waals surface area contributed by atoms with E-state index in [0.717, 1.165) is 44.9 Å². The Morgan fingerprint density at radius 1 is 1.28 bits per heavy atom. The number of carbonyl (C=O) groups excluding carboxylic acids is 2. The molecule has 138 valence electrons. The molecule has 8 atom stereocenters. The van der Waals surface area contributed by atoms with Crippen molar-refractivity contribution >= 4 is 12.1 Å². The number of aliphatic hydroxyl groups excluding tert-OH is 1. The second kappa shape index (κ2) is 5.77. The van der Waals surface area contributed by atoms with Crippen molar-refractivity contribution in [1.29, 1.82) is 0 Å². The van der Waals surface area contributed by atoms with Crippen molar-refractivity contribution < 1.29 is 14.7 Å². The van der Waals surface area contributed by atoms with Crippen molar-refractivity contribution in [3.05, 3.63) is 11.6 Å². The molecule has 0 spiro atoms. The van der Waals surface area contributed by atoms with E-state index < -0.39 is 0 Å². The Hall–Kier alpha value is -0.960. The highest BCUT2D eigenvalue weighted by Crippen LogP contribution is 2.67. The highest BCUT2D eigenvalue weighted by atomic mass is 16.3. The number of rotatable bonds is 2. The van der Waals surface area contributed by atoms with E-state index in [1.54, 1.807) is 6.92 Å². The molecule has 0 radical (unpaired) electrons. The van der Waals surface area contributed by atoms with Gasteiger partial charge in [0.25, 0.3) is 0 Å². The van der Waals surface area contributed by atoms with Crippen LogP contribution in [0.1, 0.15) is 65.7 Å². The molecule has 3 saturated carbocycles. The summed E-state index contributed by atoms with van der Waals surface area (Å²) in [4.78, 5) is 24.4. The van der Waals surface area contributed by atoms with Gasteiger partial charge in [0, 0.05) is 11.8 Å². The monoisotopic (exact) mass is 344 g/mol. The summed E-state index contributed by atoms with van der Waals surface area (Å²) in [6.45, 7) is 6.37. The summed E-state index contributed by atoms with van der Waals surface area (Å²) in [5.74, 6) is 1.96. The highest BCUT2D eigenvalue weighted by Gasteiger charge is 2.62. The Balaban J connectivity index is 1.75. The summed E-state index contributed by atoms with van der Waals surface area (Å²) in [7, 11) is 0. The molecule has 0 aromatic heterocycles. The van der Waals surface area contributed by atoms with Crippen LogP contribution in [-0.2, 0) is 9.59 Å². The van der Waals surface area contributed by atoms with Crippen molar-refractivity contribution in [1.82, 2.24) is 0 Å². The molecule has 0 heterocycles. The zero-order chi connectivity index (χ0) is 18.0. The van der Waals surface area contributed by atoms with Crippen LogP contribution in [0.25, 0.3) is 0 Å². The number of aliphatic hydroxyl groups is 1. The zero-order valence-corrected chi connectivity index (χ0v) is 15.8. The number of ketones is 1. The number of fused-ring (bicyclic) bond motifs is 5. The second-order valence-electron chi connectivity index (χ2n) is 9.83. The van der Waals surface area contributed by atoms with Gasteiger partial charge in [-0.15, -0.1) is 0 Å². The smallest absolute Gasteiger partial charge is 0.133 e. The Bertz CT molecular complexity index is 623. The largest absolute Gasteiger partial charge is 0.393 e. The first-order chi connectivity index (χ1) is 11.8. The van der Waals surface area contributed by atoms with Gasteiger partial charge in [0.15, 0.2) is 0 Å². The lowest BCUT2D eigenvalue weighted by Gasteiger charge is -2.59. The molecule has 0 aliphatic heterocycles. The molecule has 4 aliphatic rings. The van der Waals surface area contributed by atoms with Gasteiger partial charge in [-0.25, -0.2) is 0 Å². The van der Waals surface area contributed by atoms with Gasteiger partial charge < -0.3 is 9.90 Å². The quantitative estimate of drug-likeness (QED) is 0.610. The van der Waals surface area contributed by atoms with Gasteiger partial charge in [-0.2, -0.15) is 0 Å². The fraction of sp³-hybridized carbons (Fsp3) is 0.818. The van der Waals surface area contributed by atoms with Crippen molar-refractivity contribution in [2.24, 2.45) is 40.4 Å². The maximum atomic E-state index is 12.3. The van der Waals surface area contributed by atoms with Crippen LogP contribution in [0.3, 0.4) is 0 Å². The Labute approximate surface area is 151 Å². The highest BCUT2D eigenvalue weighted by molar-refractivity contribution is 5.79. The predicted octanol–water partition coefficient (Wildman–Crippen LogP) is 3.94. The summed E-state index contributed by atoms with van der Waals surface area (Å²) in [5, 5.41) is 10.1. The van der Waals surface area contributed by atoms with Crippen LogP contribution in [-0.4, -0.2) is 23.3 Å². The molecule has 3 nitrogen and oxygen atoms in total. The third-order valence-electron chi connectivity index (χ3n) is 8.75. The number of carbonyl (C=O) groups is 2. The Morgan fingerprint density at radius 2 is 2.04 bits per heavy atom. The summed E-state index contributed by atoms with van der Waals surface area (Å²) >= 11 is 0. The molecule has 1 N–H and O–H groups in total. The minimum Gasteiger partial charge on any atom is -0.393 e. The molecule has 3 fully saturated rings. The van der Waals surface area contributed by atoms with Crippen molar-refractivity contribution in [3.8, 4) is 0 Å². The second-order valence-corrected chi connectivity index (χ2v) is 9.83. The van der Waals surface area contributed by atoms with Gasteiger partial charge in [0.1, 0.15) is 12.1 Å². The summed E-state index contributed by atoms with van der Waals surface area (Å²) in [6.07, 6.45) is 10.0. The topological polar surface area (TPSA) is 54.4 Å². The van der Waals surface area contributed by atoms with Crippen molar-refractivity contribution in [3.63, 3.8) is 0 Å². The van der Waals surface area contributed by atoms with Crippen molar-refractivity contribution in [2.45, 2.75) is 71.8 Å². The fourth-order valence-electron chi connectivity index (χ4n) is 7.71. The van der Waals surface area contributed by atoms with E-state index in [-0.39, 0.29) is 28.8 Å². The van der Waals surface area contributed by atoms with Crippen LogP contribution in [0.5, 0.6) is 0 Å². The van der Waals surface area contributed by atoms with E-state index in [2.05, 4.69) is 19.9 Å².